The molecule has 42 heavy (non-hydrogen) atoms. The number of aryl methyl sites for hydroxylation is 2. The summed E-state index contributed by atoms with van der Waals surface area (Å²) < 4.78 is 4.76. The maximum Gasteiger partial charge on any atom is 0.262 e. The van der Waals surface area contributed by atoms with Crippen molar-refractivity contribution in [3.63, 3.8) is 0 Å². The molecule has 1 atom stereocenters. The number of nitrogens with one attached hydrogen (secondary N) is 2. The van der Waals surface area contributed by atoms with Gasteiger partial charge in [0, 0.05) is 44.2 Å². The van der Waals surface area contributed by atoms with Crippen LogP contribution in [0.4, 0.5) is 5.82 Å². The molecular formula is C29H27N11O2. The third kappa shape index (κ3) is 4.75. The number of aromatic amines is 1. The summed E-state index contributed by atoms with van der Waals surface area (Å²) in [6, 6.07) is 6.40. The first-order valence-corrected chi connectivity index (χ1v) is 13.2. The van der Waals surface area contributed by atoms with Crippen LogP contribution in [-0.2, 0) is 20.0 Å². The second kappa shape index (κ2) is 10.7. The average molecular weight is 562 g/mol. The fraction of sp³-hybridized carbons (Fsp3) is 0.207. The van der Waals surface area contributed by atoms with Gasteiger partial charge in [-0.2, -0.15) is 5.10 Å². The molecule has 0 saturated heterocycles. The van der Waals surface area contributed by atoms with E-state index in [4.69, 9.17) is 10.7 Å². The number of hydrogen-bond donors (Lipinski definition) is 3. The number of nitrogens with zero attached hydrogens (tertiary/aromatic N) is 8. The molecule has 4 N–H and O–H groups in total. The first kappa shape index (κ1) is 26.5. The summed E-state index contributed by atoms with van der Waals surface area (Å²) in [5.74, 6) is 6.23. The Morgan fingerprint density at radius 3 is 2.79 bits per heavy atom. The molecule has 0 bridgehead atoms. The predicted molar refractivity (Wildman–Crippen MR) is 156 cm³/mol. The van der Waals surface area contributed by atoms with E-state index in [0.29, 0.717) is 34.4 Å². The SMILES string of the molecule is Cc1c(C#Cc2cccc3nc(C(C)NC(=O)c4c(N)nn5cccnc45)n(CCc4c[nH]cn4)c(=O)c23)cnn1C. The monoisotopic (exact) mass is 561 g/mol. The summed E-state index contributed by atoms with van der Waals surface area (Å²) in [4.78, 5) is 43.8. The van der Waals surface area contributed by atoms with Crippen LogP contribution >= 0.6 is 0 Å². The van der Waals surface area contributed by atoms with E-state index < -0.39 is 11.9 Å². The number of imidazole rings is 1. The van der Waals surface area contributed by atoms with Crippen molar-refractivity contribution in [2.75, 3.05) is 5.73 Å². The molecule has 5 heterocycles. The lowest BCUT2D eigenvalue weighted by Crippen LogP contribution is -2.34. The second-order valence-corrected chi connectivity index (χ2v) is 9.80. The molecule has 0 saturated carbocycles. The first-order valence-electron chi connectivity index (χ1n) is 13.2. The number of anilines is 1. The van der Waals surface area contributed by atoms with Crippen LogP contribution in [0, 0.1) is 18.8 Å². The number of aromatic nitrogens is 9. The van der Waals surface area contributed by atoms with E-state index in [2.05, 4.69) is 42.3 Å². The van der Waals surface area contributed by atoms with Crippen LogP contribution in [0.2, 0.25) is 0 Å². The molecule has 6 aromatic rings. The number of benzene rings is 1. The molecule has 0 spiro atoms. The number of nitrogens with two attached hydrogens (primary N) is 1. The maximum absolute atomic E-state index is 14.1. The van der Waals surface area contributed by atoms with Crippen molar-refractivity contribution in [3.8, 4) is 11.8 Å². The van der Waals surface area contributed by atoms with Gasteiger partial charge in [0.25, 0.3) is 11.5 Å². The highest BCUT2D eigenvalue weighted by Gasteiger charge is 2.24. The Bertz CT molecular complexity index is 2070. The van der Waals surface area contributed by atoms with Crippen molar-refractivity contribution in [1.82, 2.24) is 49.2 Å². The largest absolute Gasteiger partial charge is 0.381 e. The topological polar surface area (TPSA) is 167 Å². The number of carbonyl (C=O) groups is 1. The number of rotatable bonds is 6. The molecule has 0 fully saturated rings. The summed E-state index contributed by atoms with van der Waals surface area (Å²) >= 11 is 0. The van der Waals surface area contributed by atoms with Crippen molar-refractivity contribution < 1.29 is 4.79 Å². The van der Waals surface area contributed by atoms with Gasteiger partial charge in [0.2, 0.25) is 0 Å². The predicted octanol–water partition coefficient (Wildman–Crippen LogP) is 1.92. The van der Waals surface area contributed by atoms with Gasteiger partial charge in [-0.15, -0.1) is 5.10 Å². The van der Waals surface area contributed by atoms with Gasteiger partial charge in [0.05, 0.1) is 46.4 Å². The molecule has 210 valence electrons. The minimum Gasteiger partial charge on any atom is -0.381 e. The van der Waals surface area contributed by atoms with E-state index in [1.807, 2.05) is 14.0 Å². The molecule has 0 radical (unpaired) electrons. The molecule has 1 aromatic carbocycles. The van der Waals surface area contributed by atoms with Crippen LogP contribution in [0.1, 0.15) is 51.7 Å². The standard InChI is InChI=1S/C29H27N11O2/c1-17(35-28(41)24-25(30)37-40-12-5-11-32-27(24)40)26-36-22-7-4-6-19(8-9-20-14-34-38(3)18(20)2)23(22)29(42)39(26)13-10-21-15-31-16-33-21/h4-7,11-12,14-17H,10,13H2,1-3H3,(H2,30,37)(H,31,33)(H,35,41). The van der Waals surface area contributed by atoms with Gasteiger partial charge in [-0.05, 0) is 32.0 Å². The van der Waals surface area contributed by atoms with E-state index in [9.17, 15) is 9.59 Å². The van der Waals surface area contributed by atoms with Crippen LogP contribution in [0.25, 0.3) is 16.6 Å². The Labute approximate surface area is 239 Å². The normalized spacial score (nSPS) is 11.9. The molecule has 0 aliphatic rings. The number of H-pyrrole nitrogens is 1. The van der Waals surface area contributed by atoms with Crippen LogP contribution < -0.4 is 16.6 Å². The van der Waals surface area contributed by atoms with E-state index in [1.54, 1.807) is 71.6 Å². The van der Waals surface area contributed by atoms with Crippen molar-refractivity contribution in [2.45, 2.75) is 32.9 Å². The van der Waals surface area contributed by atoms with Gasteiger partial charge < -0.3 is 16.0 Å². The van der Waals surface area contributed by atoms with Gasteiger partial charge in [0.1, 0.15) is 11.4 Å². The highest BCUT2D eigenvalue weighted by molar-refractivity contribution is 6.04. The summed E-state index contributed by atoms with van der Waals surface area (Å²) in [5.41, 5.74) is 9.78. The summed E-state index contributed by atoms with van der Waals surface area (Å²) in [7, 11) is 1.85. The number of fused-ring (bicyclic) bond motifs is 2. The molecule has 0 aliphatic carbocycles. The zero-order chi connectivity index (χ0) is 29.4. The molecular weight excluding hydrogens is 534 g/mol. The number of hydrogen-bond acceptors (Lipinski definition) is 8. The highest BCUT2D eigenvalue weighted by Crippen LogP contribution is 2.20. The smallest absolute Gasteiger partial charge is 0.262 e. The highest BCUT2D eigenvalue weighted by atomic mass is 16.2. The summed E-state index contributed by atoms with van der Waals surface area (Å²) in [6.45, 7) is 3.98. The lowest BCUT2D eigenvalue weighted by atomic mass is 10.1. The quantitative estimate of drug-likeness (QED) is 0.259. The maximum atomic E-state index is 14.1. The Morgan fingerprint density at radius 1 is 1.19 bits per heavy atom. The van der Waals surface area contributed by atoms with Gasteiger partial charge in [0.15, 0.2) is 11.5 Å². The van der Waals surface area contributed by atoms with E-state index in [0.717, 1.165) is 17.0 Å². The molecule has 1 amide bonds. The van der Waals surface area contributed by atoms with Gasteiger partial charge in [-0.1, -0.05) is 17.9 Å². The molecule has 5 aromatic heterocycles. The van der Waals surface area contributed by atoms with E-state index in [-0.39, 0.29) is 23.5 Å². The third-order valence-corrected chi connectivity index (χ3v) is 7.11. The zero-order valence-electron chi connectivity index (χ0n) is 23.2. The minimum absolute atomic E-state index is 0.0489. The lowest BCUT2D eigenvalue weighted by molar-refractivity contribution is 0.0939. The van der Waals surface area contributed by atoms with Gasteiger partial charge >= 0.3 is 0 Å². The number of carbonyl (C=O) groups excluding carboxylic acids is 1. The van der Waals surface area contributed by atoms with E-state index in [1.165, 1.54) is 4.52 Å². The van der Waals surface area contributed by atoms with Crippen molar-refractivity contribution in [1.29, 1.82) is 0 Å². The van der Waals surface area contributed by atoms with Crippen LogP contribution in [0.3, 0.4) is 0 Å². The van der Waals surface area contributed by atoms with Crippen LogP contribution in [0.15, 0.2) is 60.2 Å². The summed E-state index contributed by atoms with van der Waals surface area (Å²) in [5, 5.41) is 11.7. The van der Waals surface area contributed by atoms with Crippen molar-refractivity contribution >= 4 is 28.3 Å². The van der Waals surface area contributed by atoms with Crippen molar-refractivity contribution in [2.24, 2.45) is 7.05 Å². The second-order valence-electron chi connectivity index (χ2n) is 9.80. The van der Waals surface area contributed by atoms with Crippen molar-refractivity contribution in [3.05, 3.63) is 99.6 Å². The molecule has 1 unspecified atom stereocenters. The lowest BCUT2D eigenvalue weighted by Gasteiger charge is -2.19. The van der Waals surface area contributed by atoms with Gasteiger partial charge in [-0.25, -0.2) is 19.5 Å². The number of nitrogen functional groups attached to an aromatic ring is 1. The van der Waals surface area contributed by atoms with Gasteiger partial charge in [-0.3, -0.25) is 18.8 Å². The fourth-order valence-corrected chi connectivity index (χ4v) is 4.80. The third-order valence-electron chi connectivity index (χ3n) is 7.11. The summed E-state index contributed by atoms with van der Waals surface area (Å²) in [6.07, 6.45) is 8.75. The Kier molecular flexibility index (Phi) is 6.71. The fourth-order valence-electron chi connectivity index (χ4n) is 4.80. The van der Waals surface area contributed by atoms with Crippen LogP contribution in [0.5, 0.6) is 0 Å². The molecule has 13 heteroatoms. The number of amides is 1. The Hall–Kier alpha value is -5.77. The average Bonchev–Trinajstić information content (AvgIpc) is 3.70. The first-order chi connectivity index (χ1) is 20.3. The molecule has 13 nitrogen and oxygen atoms in total. The van der Waals surface area contributed by atoms with E-state index >= 15 is 0 Å². The Morgan fingerprint density at radius 2 is 2.02 bits per heavy atom. The zero-order valence-corrected chi connectivity index (χ0v) is 23.2. The van der Waals surface area contributed by atoms with Crippen LogP contribution in [-0.4, -0.2) is 49.8 Å². The molecule has 0 aliphatic heterocycles. The Balaban J connectivity index is 1.42. The minimum atomic E-state index is -0.667. The molecule has 6 rings (SSSR count).